The number of halogens is 5. The molecule has 6 nitrogen and oxygen atoms in total. The van der Waals surface area contributed by atoms with Crippen LogP contribution in [0.1, 0.15) is 48.1 Å². The van der Waals surface area contributed by atoms with Crippen LogP contribution in [0.25, 0.3) is 11.1 Å². The van der Waals surface area contributed by atoms with Crippen molar-refractivity contribution in [3.05, 3.63) is 72.5 Å². The fraction of sp³-hybridized carbons (Fsp3) is 0.375. The van der Waals surface area contributed by atoms with Crippen molar-refractivity contribution in [2.75, 3.05) is 11.9 Å². The molecule has 0 aliphatic heterocycles. The smallest absolute Gasteiger partial charge is 0.395 e. The number of rotatable bonds is 7. The molecule has 188 valence electrons. The maximum absolute atomic E-state index is 13.9. The van der Waals surface area contributed by atoms with Crippen molar-refractivity contribution >= 4 is 17.0 Å². The van der Waals surface area contributed by atoms with E-state index in [1.165, 1.54) is 23.1 Å². The van der Waals surface area contributed by atoms with Gasteiger partial charge in [-0.1, -0.05) is 13.2 Å². The first-order valence-corrected chi connectivity index (χ1v) is 10.9. The second-order valence-electron chi connectivity index (χ2n) is 8.40. The van der Waals surface area contributed by atoms with Gasteiger partial charge >= 0.3 is 6.18 Å². The summed E-state index contributed by atoms with van der Waals surface area (Å²) in [5.74, 6) is -4.97. The summed E-state index contributed by atoms with van der Waals surface area (Å²) < 4.78 is 68.8. The van der Waals surface area contributed by atoms with E-state index >= 15 is 0 Å². The lowest BCUT2D eigenvalue weighted by Crippen LogP contribution is -2.30. The number of hydrogen-bond donors (Lipinski definition) is 2. The van der Waals surface area contributed by atoms with E-state index in [9.17, 15) is 22.0 Å². The van der Waals surface area contributed by atoms with Crippen LogP contribution in [0.3, 0.4) is 0 Å². The van der Waals surface area contributed by atoms with Gasteiger partial charge < -0.3 is 11.1 Å². The minimum atomic E-state index is -4.39. The monoisotopic (exact) mass is 494 g/mol. The molecule has 0 amide bonds. The second-order valence-corrected chi connectivity index (χ2v) is 8.40. The van der Waals surface area contributed by atoms with Crippen LogP contribution in [0.15, 0.2) is 50.1 Å². The van der Waals surface area contributed by atoms with Gasteiger partial charge in [-0.15, -0.1) is 0 Å². The lowest BCUT2D eigenvalue weighted by molar-refractivity contribution is -0.146. The number of nitrogens with one attached hydrogen (secondary N) is 1. The van der Waals surface area contributed by atoms with Crippen LogP contribution in [0.4, 0.5) is 27.9 Å². The van der Waals surface area contributed by atoms with Crippen molar-refractivity contribution in [1.82, 2.24) is 19.6 Å². The van der Waals surface area contributed by atoms with Crippen LogP contribution in [-0.4, -0.2) is 38.2 Å². The fourth-order valence-corrected chi connectivity index (χ4v) is 3.55. The second kappa shape index (κ2) is 10.0. The van der Waals surface area contributed by atoms with E-state index in [1.54, 1.807) is 25.3 Å². The van der Waals surface area contributed by atoms with Crippen molar-refractivity contribution in [3.8, 4) is 0 Å². The Morgan fingerprint density at radius 3 is 2.51 bits per heavy atom. The molecule has 0 aromatic carbocycles. The summed E-state index contributed by atoms with van der Waals surface area (Å²) in [6, 6.07) is 3.28. The zero-order valence-electron chi connectivity index (χ0n) is 19.4. The molecule has 1 atom stereocenters. The molecule has 0 saturated heterocycles. The van der Waals surface area contributed by atoms with E-state index in [0.717, 1.165) is 6.92 Å². The average molecular weight is 495 g/mol. The number of aromatic nitrogens is 4. The first-order chi connectivity index (χ1) is 16.4. The van der Waals surface area contributed by atoms with Gasteiger partial charge in [0.2, 0.25) is 5.95 Å². The molecule has 1 fully saturated rings. The zero-order chi connectivity index (χ0) is 26.0. The minimum Gasteiger partial charge on any atom is -0.405 e. The van der Waals surface area contributed by atoms with Gasteiger partial charge in [-0.2, -0.15) is 18.3 Å². The van der Waals surface area contributed by atoms with E-state index in [0.29, 0.717) is 40.8 Å². The van der Waals surface area contributed by atoms with Crippen molar-refractivity contribution in [2.45, 2.75) is 44.7 Å². The molecule has 4 rings (SSSR count). The highest BCUT2D eigenvalue weighted by Crippen LogP contribution is 2.43. The molecule has 3 aromatic heterocycles. The van der Waals surface area contributed by atoms with Crippen LogP contribution < -0.4 is 11.1 Å². The van der Waals surface area contributed by atoms with Gasteiger partial charge in [0.1, 0.15) is 0 Å². The maximum atomic E-state index is 13.9. The highest BCUT2D eigenvalue weighted by atomic mass is 19.4. The molecule has 3 heterocycles. The predicted octanol–water partition coefficient (Wildman–Crippen LogP) is 5.71. The first-order valence-electron chi connectivity index (χ1n) is 10.9. The van der Waals surface area contributed by atoms with Crippen molar-refractivity contribution in [1.29, 1.82) is 0 Å². The van der Waals surface area contributed by atoms with Crippen LogP contribution in [0.2, 0.25) is 0 Å². The van der Waals surface area contributed by atoms with E-state index in [1.807, 2.05) is 0 Å². The lowest BCUT2D eigenvalue weighted by atomic mass is 9.98. The van der Waals surface area contributed by atoms with Crippen LogP contribution >= 0.6 is 0 Å². The Hall–Kier alpha value is -3.50. The van der Waals surface area contributed by atoms with Crippen LogP contribution in [0.5, 0.6) is 0 Å². The topological polar surface area (TPSA) is 81.1 Å². The number of fused-ring (bicyclic) bond motifs is 1. The average Bonchev–Trinajstić information content (AvgIpc) is 3.57. The Morgan fingerprint density at radius 2 is 1.94 bits per heavy atom. The normalized spacial score (nSPS) is 14.7. The molecule has 3 N–H and O–H groups in total. The molecule has 0 spiro atoms. The molecule has 0 bridgehead atoms. The summed E-state index contributed by atoms with van der Waals surface area (Å²) in [6.45, 7) is 9.44. The highest BCUT2D eigenvalue weighted by Gasteiger charge is 2.46. The summed E-state index contributed by atoms with van der Waals surface area (Å²) in [4.78, 5) is 8.37. The molecule has 1 unspecified atom stereocenters. The zero-order valence-corrected chi connectivity index (χ0v) is 19.4. The van der Waals surface area contributed by atoms with Crippen molar-refractivity contribution in [3.63, 3.8) is 0 Å². The van der Waals surface area contributed by atoms with Crippen LogP contribution in [0, 0.1) is 12.8 Å². The summed E-state index contributed by atoms with van der Waals surface area (Å²) >= 11 is 0. The van der Waals surface area contributed by atoms with E-state index in [2.05, 4.69) is 39.3 Å². The summed E-state index contributed by atoms with van der Waals surface area (Å²) in [5, 5.41) is 6.59. The summed E-state index contributed by atoms with van der Waals surface area (Å²) in [7, 11) is 0. The van der Waals surface area contributed by atoms with Gasteiger partial charge in [-0.05, 0) is 56.2 Å². The van der Waals surface area contributed by atoms with Gasteiger partial charge in [-0.25, -0.2) is 23.3 Å². The number of alkyl halides is 5. The molecule has 1 aliphatic rings. The number of hydrogen-bond acceptors (Lipinski definition) is 5. The maximum Gasteiger partial charge on any atom is 0.395 e. The molecule has 3 aromatic rings. The van der Waals surface area contributed by atoms with Gasteiger partial charge in [0, 0.05) is 29.4 Å². The summed E-state index contributed by atoms with van der Waals surface area (Å²) in [6.07, 6.45) is 2.17. The molecule has 11 heteroatoms. The Balaban J connectivity index is 0.00000108. The number of nitrogens with zero attached hydrogens (tertiary/aromatic N) is 4. The molecule has 35 heavy (non-hydrogen) atoms. The Kier molecular flexibility index (Phi) is 7.47. The van der Waals surface area contributed by atoms with E-state index in [-0.39, 0.29) is 11.5 Å². The van der Waals surface area contributed by atoms with Crippen LogP contribution in [-0.2, 0) is 0 Å². The Labute approximate surface area is 199 Å². The fourth-order valence-electron chi connectivity index (χ4n) is 3.55. The third-order valence-corrected chi connectivity index (χ3v) is 5.82. The minimum absolute atomic E-state index is 0.0660. The predicted molar refractivity (Wildman–Crippen MR) is 125 cm³/mol. The number of pyridine rings is 1. The van der Waals surface area contributed by atoms with Crippen molar-refractivity contribution in [2.24, 2.45) is 11.7 Å². The summed E-state index contributed by atoms with van der Waals surface area (Å²) in [5.41, 5.74) is 7.18. The number of anilines is 1. The Morgan fingerprint density at radius 1 is 1.29 bits per heavy atom. The van der Waals surface area contributed by atoms with Gasteiger partial charge in [0.05, 0.1) is 29.9 Å². The quantitative estimate of drug-likeness (QED) is 0.412. The van der Waals surface area contributed by atoms with E-state index in [4.69, 9.17) is 0 Å². The first kappa shape index (κ1) is 26.1. The number of nitrogens with two attached hydrogens (primary N) is 1. The number of aryl methyl sites for hydroxylation is 1. The molecular formula is C24H27F5N6. The molecule has 1 saturated carbocycles. The largest absolute Gasteiger partial charge is 0.405 e. The SMILES string of the molecule is C=C(c1ccn2ncc(C(C)C(F)(F)F)c2c1)c1cnc(NCC(F)(F)C2CC2)nc1C.C=CN. The third-order valence-electron chi connectivity index (χ3n) is 5.82. The standard InChI is InChI=1S/C22H22F5N5.C2H5N/c1-12(15-6-7-32-19(8-15)18(10-30-32)13(2)22(25,26)27)17-9-28-20(31-14(17)3)29-11-21(23,24)16-4-5-16;1-2-3/h6-10,13,16H,1,4-5,11H2,2-3H3,(H,28,29,31);2H,1,3H2. The van der Waals surface area contributed by atoms with Gasteiger partial charge in [0.15, 0.2) is 0 Å². The van der Waals surface area contributed by atoms with Gasteiger partial charge in [-0.3, -0.25) is 0 Å². The van der Waals surface area contributed by atoms with Gasteiger partial charge in [0.25, 0.3) is 5.92 Å². The highest BCUT2D eigenvalue weighted by molar-refractivity contribution is 5.81. The Bertz CT molecular complexity index is 1210. The lowest BCUT2D eigenvalue weighted by Gasteiger charge is -2.17. The molecular weight excluding hydrogens is 467 g/mol. The molecule has 1 aliphatic carbocycles. The third kappa shape index (κ3) is 5.95. The van der Waals surface area contributed by atoms with E-state index < -0.39 is 30.5 Å². The molecule has 0 radical (unpaired) electrons. The van der Waals surface area contributed by atoms with Crippen molar-refractivity contribution < 1.29 is 22.0 Å².